The van der Waals surface area contributed by atoms with Crippen molar-refractivity contribution in [2.45, 2.75) is 0 Å². The monoisotopic (exact) mass is 121 g/mol. The molecule has 0 saturated carbocycles. The Kier molecular flexibility index (Phi) is 0.631. The number of carbonyl (C=O) groups excluding carboxylic acids is 1. The molecule has 0 aromatic carbocycles. The summed E-state index contributed by atoms with van der Waals surface area (Å²) in [6.07, 6.45) is 3.07. The average molecular weight is 121 g/mol. The first-order valence-corrected chi connectivity index (χ1v) is 2.50. The fourth-order valence-electron chi connectivity index (χ4n) is 0.757. The number of nitrogens with one attached hydrogen (secondary N) is 1. The number of carbonyl (C=O) groups is 1. The largest absolute Gasteiger partial charge is 0.295 e. The molecule has 0 unspecified atom stereocenters. The topological polar surface area (TPSA) is 58.1 Å². The van der Waals surface area contributed by atoms with Gasteiger partial charge in [-0.15, -0.1) is 0 Å². The number of aromatic amines is 1. The second kappa shape index (κ2) is 1.28. The SMILES string of the molecule is O=C1N=Cc2cn[nH]c21. The van der Waals surface area contributed by atoms with Crippen LogP contribution in [0.2, 0.25) is 0 Å². The molecule has 0 atom stereocenters. The molecule has 2 rings (SSSR count). The van der Waals surface area contributed by atoms with Crippen molar-refractivity contribution in [3.63, 3.8) is 0 Å². The number of H-pyrrole nitrogens is 1. The van der Waals surface area contributed by atoms with Crippen LogP contribution in [-0.2, 0) is 0 Å². The molecule has 4 heteroatoms. The first-order valence-electron chi connectivity index (χ1n) is 2.50. The lowest BCUT2D eigenvalue weighted by Gasteiger charge is -1.77. The summed E-state index contributed by atoms with van der Waals surface area (Å²) in [5.74, 6) is -0.234. The molecule has 0 fully saturated rings. The van der Waals surface area contributed by atoms with E-state index in [1.807, 2.05) is 0 Å². The Morgan fingerprint density at radius 1 is 1.56 bits per heavy atom. The Labute approximate surface area is 50.6 Å². The quantitative estimate of drug-likeness (QED) is 0.524. The predicted molar refractivity (Wildman–Crippen MR) is 30.5 cm³/mol. The van der Waals surface area contributed by atoms with Gasteiger partial charge in [-0.05, 0) is 0 Å². The van der Waals surface area contributed by atoms with Gasteiger partial charge in [0.25, 0.3) is 5.91 Å². The first-order chi connectivity index (χ1) is 4.38. The zero-order valence-electron chi connectivity index (χ0n) is 4.46. The van der Waals surface area contributed by atoms with Gasteiger partial charge in [-0.1, -0.05) is 0 Å². The number of hydrogen-bond acceptors (Lipinski definition) is 2. The van der Waals surface area contributed by atoms with Crippen molar-refractivity contribution in [1.82, 2.24) is 10.2 Å². The fourth-order valence-corrected chi connectivity index (χ4v) is 0.757. The van der Waals surface area contributed by atoms with Gasteiger partial charge in [-0.3, -0.25) is 9.89 Å². The molecule has 1 aromatic heterocycles. The number of nitrogens with zero attached hydrogens (tertiary/aromatic N) is 2. The van der Waals surface area contributed by atoms with E-state index in [9.17, 15) is 4.79 Å². The Bertz CT molecular complexity index is 286. The standard InChI is InChI=1S/C5H3N3O/c9-5-4-3(1-6-5)2-7-8-4/h1-2H,(H,7,8). The average Bonchev–Trinajstić information content (AvgIpc) is 2.35. The van der Waals surface area contributed by atoms with E-state index in [-0.39, 0.29) is 5.91 Å². The summed E-state index contributed by atoms with van der Waals surface area (Å²) < 4.78 is 0. The van der Waals surface area contributed by atoms with Crippen molar-refractivity contribution in [1.29, 1.82) is 0 Å². The van der Waals surface area contributed by atoms with E-state index in [1.54, 1.807) is 6.20 Å². The molecule has 1 aliphatic rings. The molecule has 0 aliphatic carbocycles. The molecular formula is C5H3N3O. The van der Waals surface area contributed by atoms with Gasteiger partial charge in [0, 0.05) is 11.8 Å². The van der Waals surface area contributed by atoms with Crippen LogP contribution in [0.5, 0.6) is 0 Å². The Morgan fingerprint density at radius 3 is 3.22 bits per heavy atom. The Hall–Kier alpha value is -1.45. The maximum atomic E-state index is 10.7. The van der Waals surface area contributed by atoms with Crippen LogP contribution >= 0.6 is 0 Å². The van der Waals surface area contributed by atoms with E-state index in [4.69, 9.17) is 0 Å². The second-order valence-electron chi connectivity index (χ2n) is 1.76. The highest BCUT2D eigenvalue weighted by molar-refractivity contribution is 6.11. The van der Waals surface area contributed by atoms with Crippen molar-refractivity contribution < 1.29 is 4.79 Å². The third-order valence-corrected chi connectivity index (χ3v) is 1.20. The summed E-state index contributed by atoms with van der Waals surface area (Å²) in [7, 11) is 0. The smallest absolute Gasteiger partial charge is 0.272 e. The molecular weight excluding hydrogens is 118 g/mol. The second-order valence-corrected chi connectivity index (χ2v) is 1.76. The molecule has 1 aliphatic heterocycles. The van der Waals surface area contributed by atoms with E-state index >= 15 is 0 Å². The van der Waals surface area contributed by atoms with E-state index in [2.05, 4.69) is 15.2 Å². The Morgan fingerprint density at radius 2 is 2.44 bits per heavy atom. The molecule has 9 heavy (non-hydrogen) atoms. The Balaban J connectivity index is 2.73. The van der Waals surface area contributed by atoms with Crippen LogP contribution in [0, 0.1) is 0 Å². The van der Waals surface area contributed by atoms with E-state index in [1.165, 1.54) is 6.21 Å². The van der Waals surface area contributed by atoms with Crippen LogP contribution < -0.4 is 0 Å². The van der Waals surface area contributed by atoms with Gasteiger partial charge in [0.1, 0.15) is 5.69 Å². The van der Waals surface area contributed by atoms with Crippen LogP contribution in [-0.4, -0.2) is 22.3 Å². The van der Waals surface area contributed by atoms with Crippen molar-refractivity contribution in [2.75, 3.05) is 0 Å². The molecule has 1 amide bonds. The van der Waals surface area contributed by atoms with Crippen molar-refractivity contribution in [3.05, 3.63) is 17.5 Å². The molecule has 1 N–H and O–H groups in total. The molecule has 0 radical (unpaired) electrons. The van der Waals surface area contributed by atoms with Gasteiger partial charge in [-0.25, -0.2) is 4.99 Å². The van der Waals surface area contributed by atoms with Crippen LogP contribution in [0.4, 0.5) is 0 Å². The molecule has 1 aromatic rings. The van der Waals surface area contributed by atoms with Gasteiger partial charge in [0.2, 0.25) is 0 Å². The lowest BCUT2D eigenvalue weighted by atomic mass is 10.3. The summed E-state index contributed by atoms with van der Waals surface area (Å²) in [6, 6.07) is 0. The van der Waals surface area contributed by atoms with Gasteiger partial charge in [-0.2, -0.15) is 5.10 Å². The number of aliphatic imine (C=N–C) groups is 1. The van der Waals surface area contributed by atoms with Gasteiger partial charge in [0.15, 0.2) is 0 Å². The zero-order chi connectivity index (χ0) is 6.27. The number of rotatable bonds is 0. The minimum absolute atomic E-state index is 0.234. The summed E-state index contributed by atoms with van der Waals surface area (Å²) >= 11 is 0. The van der Waals surface area contributed by atoms with Crippen LogP contribution in [0.25, 0.3) is 0 Å². The van der Waals surface area contributed by atoms with Crippen LogP contribution in [0.15, 0.2) is 11.2 Å². The van der Waals surface area contributed by atoms with Gasteiger partial charge < -0.3 is 0 Å². The first kappa shape index (κ1) is 4.43. The van der Waals surface area contributed by atoms with Crippen molar-refractivity contribution >= 4 is 12.1 Å². The predicted octanol–water partition coefficient (Wildman–Crippen LogP) is -0.0176. The lowest BCUT2D eigenvalue weighted by Crippen LogP contribution is -1.90. The fraction of sp³-hybridized carbons (Fsp3) is 0. The lowest BCUT2D eigenvalue weighted by molar-refractivity contribution is 0.100. The summed E-state index contributed by atoms with van der Waals surface area (Å²) in [5, 5.41) is 6.20. The number of amides is 1. The highest BCUT2D eigenvalue weighted by Gasteiger charge is 2.15. The van der Waals surface area contributed by atoms with E-state index in [0.29, 0.717) is 5.69 Å². The van der Waals surface area contributed by atoms with Gasteiger partial charge in [0.05, 0.1) is 6.20 Å². The third kappa shape index (κ3) is 0.440. The number of hydrogen-bond donors (Lipinski definition) is 1. The molecule has 4 nitrogen and oxygen atoms in total. The minimum atomic E-state index is -0.234. The van der Waals surface area contributed by atoms with Crippen LogP contribution in [0.1, 0.15) is 16.1 Å². The van der Waals surface area contributed by atoms with E-state index in [0.717, 1.165) is 5.56 Å². The summed E-state index contributed by atoms with van der Waals surface area (Å²) in [6.45, 7) is 0. The molecule has 2 heterocycles. The molecule has 0 saturated heterocycles. The zero-order valence-corrected chi connectivity index (χ0v) is 4.46. The normalized spacial score (nSPS) is 14.4. The minimum Gasteiger partial charge on any atom is -0.272 e. The third-order valence-electron chi connectivity index (χ3n) is 1.20. The summed E-state index contributed by atoms with van der Waals surface area (Å²) in [4.78, 5) is 14.2. The molecule has 0 spiro atoms. The van der Waals surface area contributed by atoms with Gasteiger partial charge >= 0.3 is 0 Å². The highest BCUT2D eigenvalue weighted by Crippen LogP contribution is 2.08. The number of aromatic nitrogens is 2. The van der Waals surface area contributed by atoms with Crippen LogP contribution in [0.3, 0.4) is 0 Å². The molecule has 44 valence electrons. The highest BCUT2D eigenvalue weighted by atomic mass is 16.1. The van der Waals surface area contributed by atoms with Crippen molar-refractivity contribution in [2.24, 2.45) is 4.99 Å². The molecule has 0 bridgehead atoms. The van der Waals surface area contributed by atoms with Crippen molar-refractivity contribution in [3.8, 4) is 0 Å². The summed E-state index contributed by atoms with van der Waals surface area (Å²) in [5.41, 5.74) is 1.27. The number of fused-ring (bicyclic) bond motifs is 1. The maximum absolute atomic E-state index is 10.7. The van der Waals surface area contributed by atoms with E-state index < -0.39 is 0 Å². The maximum Gasteiger partial charge on any atom is 0.295 e.